The predicted molar refractivity (Wildman–Crippen MR) is 83.4 cm³/mol. The second kappa shape index (κ2) is 5.43. The van der Waals surface area contributed by atoms with Gasteiger partial charge in [0.05, 0.1) is 6.54 Å². The van der Waals surface area contributed by atoms with Gasteiger partial charge in [-0.2, -0.15) is 0 Å². The van der Waals surface area contributed by atoms with Gasteiger partial charge in [0.15, 0.2) is 5.11 Å². The van der Waals surface area contributed by atoms with Crippen molar-refractivity contribution in [3.63, 3.8) is 0 Å². The van der Waals surface area contributed by atoms with E-state index in [1.165, 1.54) is 0 Å². The molecule has 20 heavy (non-hydrogen) atoms. The number of rotatable bonds is 3. The molecule has 0 bridgehead atoms. The van der Waals surface area contributed by atoms with Crippen LogP contribution in [0.4, 0.5) is 5.69 Å². The lowest BCUT2D eigenvalue weighted by Crippen LogP contribution is -2.32. The molecule has 0 saturated carbocycles. The Labute approximate surface area is 123 Å². The number of amides is 1. The van der Waals surface area contributed by atoms with E-state index in [9.17, 15) is 4.79 Å². The molecule has 0 unspecified atom stereocenters. The third-order valence-electron chi connectivity index (χ3n) is 3.31. The minimum absolute atomic E-state index is 0.0442. The number of carbonyl (C=O) groups excluding carboxylic acids is 1. The third kappa shape index (κ3) is 2.42. The Kier molecular flexibility index (Phi) is 3.48. The fraction of sp³-hybridized carbons (Fsp3) is 0.125. The summed E-state index contributed by atoms with van der Waals surface area (Å²) in [4.78, 5) is 15.7. The summed E-state index contributed by atoms with van der Waals surface area (Å²) < 4.78 is 0. The van der Waals surface area contributed by atoms with Crippen LogP contribution in [0.5, 0.6) is 0 Å². The maximum atomic E-state index is 12.2. The molecule has 1 amide bonds. The van der Waals surface area contributed by atoms with Crippen LogP contribution in [0.1, 0.15) is 5.56 Å². The van der Waals surface area contributed by atoms with Crippen LogP contribution in [0.2, 0.25) is 0 Å². The number of thiocarbonyl (C=S) groups is 1. The van der Waals surface area contributed by atoms with E-state index < -0.39 is 0 Å². The van der Waals surface area contributed by atoms with Gasteiger partial charge in [-0.15, -0.1) is 0 Å². The number of hydrogen-bond acceptors (Lipinski definition) is 2. The standard InChI is InChI=1S/C16H14N2OS/c19-15-12-17(14-9-5-2-6-10-14)16(20)18(15)11-13-7-3-1-4-8-13/h1-10H,11-12H2. The third-order valence-corrected chi connectivity index (χ3v) is 3.75. The lowest BCUT2D eigenvalue weighted by molar-refractivity contribution is -0.124. The van der Waals surface area contributed by atoms with Gasteiger partial charge in [0.1, 0.15) is 6.54 Å². The molecule has 1 aliphatic rings. The SMILES string of the molecule is O=C1CN(c2ccccc2)C(=S)N1Cc1ccccc1. The molecular formula is C16H14N2OS. The van der Waals surface area contributed by atoms with Crippen LogP contribution in [0, 0.1) is 0 Å². The zero-order chi connectivity index (χ0) is 13.9. The van der Waals surface area contributed by atoms with Gasteiger partial charge in [-0.05, 0) is 29.9 Å². The highest BCUT2D eigenvalue weighted by Crippen LogP contribution is 2.22. The summed E-state index contributed by atoms with van der Waals surface area (Å²) in [5, 5.41) is 0.574. The number of hydrogen-bond donors (Lipinski definition) is 0. The van der Waals surface area contributed by atoms with Gasteiger partial charge in [-0.1, -0.05) is 48.5 Å². The van der Waals surface area contributed by atoms with Gasteiger partial charge >= 0.3 is 0 Å². The van der Waals surface area contributed by atoms with Gasteiger partial charge in [-0.25, -0.2) is 0 Å². The lowest BCUT2D eigenvalue weighted by atomic mass is 10.2. The van der Waals surface area contributed by atoms with Crippen LogP contribution in [0.25, 0.3) is 0 Å². The van der Waals surface area contributed by atoms with E-state index in [0.717, 1.165) is 11.3 Å². The monoisotopic (exact) mass is 282 g/mol. The van der Waals surface area contributed by atoms with E-state index in [1.807, 2.05) is 65.6 Å². The fourth-order valence-corrected chi connectivity index (χ4v) is 2.61. The molecule has 1 aliphatic heterocycles. The molecule has 4 heteroatoms. The van der Waals surface area contributed by atoms with E-state index in [2.05, 4.69) is 0 Å². The fourth-order valence-electron chi connectivity index (χ4n) is 2.27. The molecular weight excluding hydrogens is 268 g/mol. The number of anilines is 1. The Morgan fingerprint density at radius 1 is 0.950 bits per heavy atom. The zero-order valence-corrected chi connectivity index (χ0v) is 11.7. The van der Waals surface area contributed by atoms with Gasteiger partial charge in [0.25, 0.3) is 0 Å². The Balaban J connectivity index is 1.81. The van der Waals surface area contributed by atoms with Crippen molar-refractivity contribution in [2.24, 2.45) is 0 Å². The van der Waals surface area contributed by atoms with E-state index in [0.29, 0.717) is 18.2 Å². The molecule has 1 saturated heterocycles. The van der Waals surface area contributed by atoms with Crippen LogP contribution in [0.3, 0.4) is 0 Å². The highest BCUT2D eigenvalue weighted by molar-refractivity contribution is 7.80. The van der Waals surface area contributed by atoms with Gasteiger partial charge in [0.2, 0.25) is 5.91 Å². The quantitative estimate of drug-likeness (QED) is 0.809. The summed E-state index contributed by atoms with van der Waals surface area (Å²) in [6.45, 7) is 0.845. The highest BCUT2D eigenvalue weighted by Gasteiger charge is 2.33. The Hall–Kier alpha value is -2.20. The van der Waals surface area contributed by atoms with E-state index >= 15 is 0 Å². The van der Waals surface area contributed by atoms with Crippen molar-refractivity contribution < 1.29 is 4.79 Å². The maximum absolute atomic E-state index is 12.2. The average Bonchev–Trinajstić information content (AvgIpc) is 2.77. The second-order valence-corrected chi connectivity index (χ2v) is 5.03. The molecule has 0 aliphatic carbocycles. The first-order valence-corrected chi connectivity index (χ1v) is 6.87. The summed E-state index contributed by atoms with van der Waals surface area (Å²) in [6.07, 6.45) is 0. The van der Waals surface area contributed by atoms with Crippen molar-refractivity contribution in [3.05, 3.63) is 66.2 Å². The first-order valence-electron chi connectivity index (χ1n) is 6.46. The molecule has 0 atom stereocenters. The number of carbonyl (C=O) groups is 1. The highest BCUT2D eigenvalue weighted by atomic mass is 32.1. The summed E-state index contributed by atoms with van der Waals surface area (Å²) >= 11 is 5.45. The van der Waals surface area contributed by atoms with Gasteiger partial charge in [0, 0.05) is 5.69 Å². The summed E-state index contributed by atoms with van der Waals surface area (Å²) in [5.74, 6) is 0.0442. The Morgan fingerprint density at radius 3 is 2.20 bits per heavy atom. The second-order valence-electron chi connectivity index (χ2n) is 4.67. The molecule has 2 aromatic rings. The van der Waals surface area contributed by atoms with E-state index in [4.69, 9.17) is 12.2 Å². The van der Waals surface area contributed by atoms with Crippen LogP contribution in [0.15, 0.2) is 60.7 Å². The van der Waals surface area contributed by atoms with E-state index in [-0.39, 0.29) is 5.91 Å². The molecule has 0 spiro atoms. The van der Waals surface area contributed by atoms with Crippen LogP contribution >= 0.6 is 12.2 Å². The molecule has 100 valence electrons. The summed E-state index contributed by atoms with van der Waals surface area (Å²) in [5.41, 5.74) is 2.04. The van der Waals surface area contributed by atoms with Crippen molar-refractivity contribution in [1.82, 2.24) is 4.90 Å². The zero-order valence-electron chi connectivity index (χ0n) is 10.9. The van der Waals surface area contributed by atoms with Crippen LogP contribution in [-0.2, 0) is 11.3 Å². The molecule has 0 N–H and O–H groups in total. The largest absolute Gasteiger partial charge is 0.309 e. The molecule has 3 nitrogen and oxygen atoms in total. The lowest BCUT2D eigenvalue weighted by Gasteiger charge is -2.20. The van der Waals surface area contributed by atoms with E-state index in [1.54, 1.807) is 4.90 Å². The molecule has 1 fully saturated rings. The van der Waals surface area contributed by atoms with Gasteiger partial charge in [-0.3, -0.25) is 9.69 Å². The van der Waals surface area contributed by atoms with Gasteiger partial charge < -0.3 is 4.90 Å². The normalized spacial score (nSPS) is 15.0. The minimum Gasteiger partial charge on any atom is -0.309 e. The van der Waals surface area contributed by atoms with Crippen molar-refractivity contribution in [1.29, 1.82) is 0 Å². The number of nitrogens with zero attached hydrogens (tertiary/aromatic N) is 2. The first-order chi connectivity index (χ1) is 9.75. The predicted octanol–water partition coefficient (Wildman–Crippen LogP) is 2.82. The number of benzene rings is 2. The average molecular weight is 282 g/mol. The summed E-state index contributed by atoms with van der Waals surface area (Å²) in [6, 6.07) is 19.7. The smallest absolute Gasteiger partial charge is 0.249 e. The van der Waals surface area contributed by atoms with Crippen molar-refractivity contribution in [3.8, 4) is 0 Å². The Bertz CT molecular complexity index is 627. The van der Waals surface area contributed by atoms with Crippen molar-refractivity contribution in [2.45, 2.75) is 6.54 Å². The maximum Gasteiger partial charge on any atom is 0.249 e. The van der Waals surface area contributed by atoms with Crippen molar-refractivity contribution in [2.75, 3.05) is 11.4 Å². The molecule has 3 rings (SSSR count). The Morgan fingerprint density at radius 2 is 1.55 bits per heavy atom. The topological polar surface area (TPSA) is 23.6 Å². The molecule has 1 heterocycles. The first kappa shape index (κ1) is 12.8. The number of para-hydroxylation sites is 1. The van der Waals surface area contributed by atoms with Crippen LogP contribution in [-0.4, -0.2) is 22.5 Å². The molecule has 2 aromatic carbocycles. The van der Waals surface area contributed by atoms with Crippen molar-refractivity contribution >= 4 is 28.9 Å². The molecule has 0 aromatic heterocycles. The minimum atomic E-state index is 0.0442. The summed E-state index contributed by atoms with van der Waals surface area (Å²) in [7, 11) is 0. The van der Waals surface area contributed by atoms with Crippen LogP contribution < -0.4 is 4.90 Å². The molecule has 0 radical (unpaired) electrons.